The number of anilines is 1. The first-order valence-electron chi connectivity index (χ1n) is 12.6. The van der Waals surface area contributed by atoms with Gasteiger partial charge in [0.15, 0.2) is 0 Å². The fraction of sp³-hybridized carbons (Fsp3) is 0.519. The van der Waals surface area contributed by atoms with Crippen molar-refractivity contribution in [2.24, 2.45) is 5.92 Å². The lowest BCUT2D eigenvalue weighted by Gasteiger charge is -2.32. The zero-order chi connectivity index (χ0) is 26.0. The number of nitrogens with zero attached hydrogens (tertiary/aromatic N) is 1. The summed E-state index contributed by atoms with van der Waals surface area (Å²) in [5.74, 6) is 0.595. The highest BCUT2D eigenvalue weighted by molar-refractivity contribution is 7.99. The maximum atomic E-state index is 12.3. The Morgan fingerprint density at radius 2 is 1.89 bits per heavy atom. The van der Waals surface area contributed by atoms with Gasteiger partial charge in [-0.3, -0.25) is 9.36 Å². The van der Waals surface area contributed by atoms with Crippen LogP contribution in [0.2, 0.25) is 0 Å². The zero-order valence-electron chi connectivity index (χ0n) is 21.3. The molecule has 3 N–H and O–H groups in total. The van der Waals surface area contributed by atoms with Crippen molar-refractivity contribution in [3.05, 3.63) is 59.7 Å². The molecule has 0 saturated carbocycles. The second-order valence-corrected chi connectivity index (χ2v) is 12.5. The Kier molecular flexibility index (Phi) is 11.3. The zero-order valence-corrected chi connectivity index (χ0v) is 23.0. The van der Waals surface area contributed by atoms with Crippen molar-refractivity contribution < 1.29 is 23.9 Å². The van der Waals surface area contributed by atoms with Crippen molar-refractivity contribution in [1.29, 1.82) is 0 Å². The van der Waals surface area contributed by atoms with Gasteiger partial charge in [0.1, 0.15) is 0 Å². The number of thioether (sulfide) groups is 1. The Bertz CT molecular complexity index is 1010. The van der Waals surface area contributed by atoms with E-state index in [0.29, 0.717) is 6.04 Å². The third-order valence-corrected chi connectivity index (χ3v) is 8.56. The van der Waals surface area contributed by atoms with Crippen LogP contribution in [-0.4, -0.2) is 64.9 Å². The SMILES string of the molecule is Cc1ccc(N[C@H](CCN2CCC(C(=O)OCCCP(=O)(O)O)CC2)CSc2ccccc2)c(C)c1. The van der Waals surface area contributed by atoms with Crippen LogP contribution in [0.15, 0.2) is 53.4 Å². The number of carbonyl (C=O) groups excluding carboxylic acids is 1. The summed E-state index contributed by atoms with van der Waals surface area (Å²) < 4.78 is 16.2. The highest BCUT2D eigenvalue weighted by Gasteiger charge is 2.26. The van der Waals surface area contributed by atoms with Crippen molar-refractivity contribution in [3.8, 4) is 0 Å². The molecule has 1 aliphatic rings. The minimum absolute atomic E-state index is 0.0645. The molecule has 0 amide bonds. The molecular formula is C27H39N2O5PS. The van der Waals surface area contributed by atoms with Gasteiger partial charge in [0.05, 0.1) is 18.7 Å². The first-order valence-corrected chi connectivity index (χ1v) is 15.4. The van der Waals surface area contributed by atoms with E-state index in [-0.39, 0.29) is 31.1 Å². The van der Waals surface area contributed by atoms with Crippen molar-refractivity contribution >= 4 is 31.0 Å². The van der Waals surface area contributed by atoms with Gasteiger partial charge in [0, 0.05) is 28.9 Å². The number of carbonyl (C=O) groups is 1. The van der Waals surface area contributed by atoms with Crippen LogP contribution in [0.4, 0.5) is 5.69 Å². The molecule has 9 heteroatoms. The highest BCUT2D eigenvalue weighted by atomic mass is 32.2. The minimum atomic E-state index is -4.04. The largest absolute Gasteiger partial charge is 0.465 e. The van der Waals surface area contributed by atoms with E-state index in [1.54, 1.807) is 0 Å². The number of piperidine rings is 1. The van der Waals surface area contributed by atoms with Crippen molar-refractivity contribution in [2.75, 3.05) is 43.5 Å². The predicted molar refractivity (Wildman–Crippen MR) is 147 cm³/mol. The van der Waals surface area contributed by atoms with Gasteiger partial charge in [0.25, 0.3) is 0 Å². The molecule has 0 aliphatic carbocycles. The Balaban J connectivity index is 1.46. The minimum Gasteiger partial charge on any atom is -0.465 e. The van der Waals surface area contributed by atoms with Gasteiger partial charge in [0.2, 0.25) is 0 Å². The summed E-state index contributed by atoms with van der Waals surface area (Å²) in [6, 6.07) is 17.3. The summed E-state index contributed by atoms with van der Waals surface area (Å²) in [6.07, 6.45) is 2.45. The number of esters is 1. The highest BCUT2D eigenvalue weighted by Crippen LogP contribution is 2.34. The van der Waals surface area contributed by atoms with Crippen molar-refractivity contribution in [3.63, 3.8) is 0 Å². The number of hydrogen-bond acceptors (Lipinski definition) is 6. The predicted octanol–water partition coefficient (Wildman–Crippen LogP) is 5.09. The van der Waals surface area contributed by atoms with Crippen LogP contribution in [-0.2, 0) is 14.1 Å². The molecule has 2 aromatic rings. The Hall–Kier alpha value is -1.83. The van der Waals surface area contributed by atoms with Gasteiger partial charge >= 0.3 is 13.6 Å². The lowest BCUT2D eigenvalue weighted by Crippen LogP contribution is -2.39. The molecule has 0 unspecified atom stereocenters. The summed E-state index contributed by atoms with van der Waals surface area (Å²) >= 11 is 1.87. The number of nitrogens with one attached hydrogen (secondary N) is 1. The molecule has 3 rings (SSSR count). The van der Waals surface area contributed by atoms with Gasteiger partial charge in [-0.2, -0.15) is 0 Å². The molecule has 1 fully saturated rings. The van der Waals surface area contributed by atoms with E-state index in [9.17, 15) is 9.36 Å². The van der Waals surface area contributed by atoms with E-state index in [2.05, 4.69) is 66.5 Å². The van der Waals surface area contributed by atoms with E-state index in [0.717, 1.165) is 44.6 Å². The average Bonchev–Trinajstić information content (AvgIpc) is 2.85. The average molecular weight is 535 g/mol. The molecule has 0 aromatic heterocycles. The molecule has 2 aromatic carbocycles. The Labute approximate surface area is 219 Å². The molecular weight excluding hydrogens is 495 g/mol. The molecule has 0 radical (unpaired) electrons. The summed E-state index contributed by atoms with van der Waals surface area (Å²) in [4.78, 5) is 33.8. The van der Waals surface area contributed by atoms with Crippen molar-refractivity contribution in [2.45, 2.75) is 50.5 Å². The van der Waals surface area contributed by atoms with Crippen LogP contribution in [0, 0.1) is 19.8 Å². The molecule has 36 heavy (non-hydrogen) atoms. The number of ether oxygens (including phenoxy) is 1. The summed E-state index contributed by atoms with van der Waals surface area (Å²) in [5, 5.41) is 3.77. The second-order valence-electron chi connectivity index (χ2n) is 9.60. The van der Waals surface area contributed by atoms with Gasteiger partial charge < -0.3 is 24.7 Å². The number of aryl methyl sites for hydroxylation is 2. The molecule has 1 saturated heterocycles. The van der Waals surface area contributed by atoms with Crippen molar-refractivity contribution in [1.82, 2.24) is 4.90 Å². The maximum absolute atomic E-state index is 12.3. The van der Waals surface area contributed by atoms with Crippen LogP contribution in [0.25, 0.3) is 0 Å². The Morgan fingerprint density at radius 1 is 1.17 bits per heavy atom. The lowest BCUT2D eigenvalue weighted by molar-refractivity contribution is -0.150. The van der Waals surface area contributed by atoms with Crippen LogP contribution >= 0.6 is 19.4 Å². The van der Waals surface area contributed by atoms with Crippen LogP contribution < -0.4 is 5.32 Å². The lowest BCUT2D eigenvalue weighted by atomic mass is 9.96. The fourth-order valence-electron chi connectivity index (χ4n) is 4.40. The number of likely N-dealkylation sites (tertiary alicyclic amines) is 1. The quantitative estimate of drug-likeness (QED) is 0.142. The second kappa shape index (κ2) is 14.2. The first kappa shape index (κ1) is 28.7. The maximum Gasteiger partial charge on any atom is 0.325 e. The van der Waals surface area contributed by atoms with Crippen LogP contribution in [0.5, 0.6) is 0 Å². The first-order chi connectivity index (χ1) is 17.2. The smallest absolute Gasteiger partial charge is 0.325 e. The summed E-state index contributed by atoms with van der Waals surface area (Å²) in [6.45, 7) is 6.99. The molecule has 0 spiro atoms. The van der Waals surface area contributed by atoms with Gasteiger partial charge in [-0.05, 0) is 76.4 Å². The summed E-state index contributed by atoms with van der Waals surface area (Å²) in [5.41, 5.74) is 3.70. The molecule has 7 nitrogen and oxygen atoms in total. The van der Waals surface area contributed by atoms with Crippen LogP contribution in [0.3, 0.4) is 0 Å². The third-order valence-electron chi connectivity index (χ3n) is 6.49. The normalized spacial score (nSPS) is 16.0. The van der Waals surface area contributed by atoms with Gasteiger partial charge in [-0.15, -0.1) is 11.8 Å². The third kappa shape index (κ3) is 10.3. The van der Waals surface area contributed by atoms with E-state index >= 15 is 0 Å². The fourth-order valence-corrected chi connectivity index (χ4v) is 5.93. The van der Waals surface area contributed by atoms with E-state index in [1.807, 2.05) is 17.8 Å². The standard InChI is InChI=1S/C27H39N2O5PS/c1-21-9-10-26(22(2)19-21)28-24(20-36-25-7-4-3-5-8-25)13-16-29-14-11-23(12-15-29)27(30)34-17-6-18-35(31,32)33/h3-5,7-10,19,23-24,28H,6,11-18,20H2,1-2H3,(H2,31,32,33)/t24-/m1/s1. The monoisotopic (exact) mass is 534 g/mol. The Morgan fingerprint density at radius 3 is 2.56 bits per heavy atom. The van der Waals surface area contributed by atoms with E-state index < -0.39 is 7.60 Å². The molecule has 1 aliphatic heterocycles. The van der Waals surface area contributed by atoms with E-state index in [1.165, 1.54) is 21.7 Å². The molecule has 1 heterocycles. The molecule has 198 valence electrons. The van der Waals surface area contributed by atoms with Gasteiger partial charge in [-0.25, -0.2) is 0 Å². The number of rotatable bonds is 13. The summed E-state index contributed by atoms with van der Waals surface area (Å²) in [7, 11) is -4.04. The molecule has 0 bridgehead atoms. The number of benzene rings is 2. The molecule has 1 atom stereocenters. The van der Waals surface area contributed by atoms with Gasteiger partial charge in [-0.1, -0.05) is 35.9 Å². The topological polar surface area (TPSA) is 99.1 Å². The van der Waals surface area contributed by atoms with Crippen LogP contribution in [0.1, 0.15) is 36.8 Å². The number of hydrogen-bond donors (Lipinski definition) is 3. The van der Waals surface area contributed by atoms with E-state index in [4.69, 9.17) is 14.5 Å².